The molecule has 3 N–H and O–H groups in total. The third-order valence-corrected chi connectivity index (χ3v) is 6.30. The number of nitrogens with one attached hydrogen (secondary N) is 3. The molecule has 9 heteroatoms. The summed E-state index contributed by atoms with van der Waals surface area (Å²) in [4.78, 5) is 29.4. The van der Waals surface area contributed by atoms with Gasteiger partial charge in [0.1, 0.15) is 22.7 Å². The molecule has 8 nitrogen and oxygen atoms in total. The largest absolute Gasteiger partial charge is 0.338 e. The van der Waals surface area contributed by atoms with Crippen molar-refractivity contribution in [1.82, 2.24) is 30.1 Å². The Kier molecular flexibility index (Phi) is 5.48. The average molecular weight is 506 g/mol. The molecule has 6 rings (SSSR count). The second-order valence-corrected chi connectivity index (χ2v) is 10.1. The number of aromatic amines is 2. The van der Waals surface area contributed by atoms with Crippen LogP contribution in [0.5, 0.6) is 0 Å². The van der Waals surface area contributed by atoms with Crippen molar-refractivity contribution in [2.45, 2.75) is 20.8 Å². The van der Waals surface area contributed by atoms with Crippen LogP contribution in [0.25, 0.3) is 55.8 Å². The minimum absolute atomic E-state index is 0.0954. The van der Waals surface area contributed by atoms with Gasteiger partial charge in [0, 0.05) is 28.8 Å². The summed E-state index contributed by atoms with van der Waals surface area (Å²) in [7, 11) is 0. The van der Waals surface area contributed by atoms with Gasteiger partial charge in [-0.3, -0.25) is 14.9 Å². The zero-order valence-corrected chi connectivity index (χ0v) is 21.0. The zero-order valence-electron chi connectivity index (χ0n) is 21.0. The van der Waals surface area contributed by atoms with Gasteiger partial charge >= 0.3 is 0 Å². The molecule has 0 aliphatic rings. The van der Waals surface area contributed by atoms with E-state index < -0.39 is 5.41 Å². The van der Waals surface area contributed by atoms with Crippen LogP contribution in [0.3, 0.4) is 0 Å². The van der Waals surface area contributed by atoms with Gasteiger partial charge in [0.2, 0.25) is 5.91 Å². The van der Waals surface area contributed by atoms with Crippen LogP contribution in [0.15, 0.2) is 73.2 Å². The highest BCUT2D eigenvalue weighted by Crippen LogP contribution is 2.33. The van der Waals surface area contributed by atoms with Crippen LogP contribution in [0.4, 0.5) is 10.1 Å². The lowest BCUT2D eigenvalue weighted by atomic mass is 9.95. The standard InChI is InChI=1S/C29H24FN7O/c1-29(2,3)28(38)33-19-12-17(14-31-15-19)22-7-8-23-25(34-22)26(37-36-23)24-13-21-20(9-10-32-27(21)35-24)16-5-4-6-18(30)11-16/h4-15H,1-3H3,(H,32,35)(H,33,38)(H,36,37). The molecule has 1 aromatic carbocycles. The van der Waals surface area contributed by atoms with Crippen LogP contribution in [0.1, 0.15) is 20.8 Å². The monoisotopic (exact) mass is 505 g/mol. The van der Waals surface area contributed by atoms with E-state index in [1.54, 1.807) is 24.7 Å². The molecule has 1 amide bonds. The Balaban J connectivity index is 1.40. The Labute approximate surface area is 217 Å². The number of amides is 1. The van der Waals surface area contributed by atoms with Gasteiger partial charge in [-0.1, -0.05) is 32.9 Å². The first-order valence-corrected chi connectivity index (χ1v) is 12.1. The Morgan fingerprint density at radius 2 is 1.87 bits per heavy atom. The third kappa shape index (κ3) is 4.28. The van der Waals surface area contributed by atoms with Gasteiger partial charge < -0.3 is 10.3 Å². The van der Waals surface area contributed by atoms with Gasteiger partial charge in [0.25, 0.3) is 0 Å². The highest BCUT2D eigenvalue weighted by molar-refractivity contribution is 5.99. The number of hydrogen-bond donors (Lipinski definition) is 3. The molecule has 0 radical (unpaired) electrons. The van der Waals surface area contributed by atoms with Crippen molar-refractivity contribution < 1.29 is 9.18 Å². The van der Waals surface area contributed by atoms with Gasteiger partial charge in [-0.2, -0.15) is 5.10 Å². The maximum Gasteiger partial charge on any atom is 0.229 e. The topological polar surface area (TPSA) is 112 Å². The van der Waals surface area contributed by atoms with Crippen molar-refractivity contribution in [2.75, 3.05) is 5.32 Å². The van der Waals surface area contributed by atoms with Crippen LogP contribution in [-0.2, 0) is 4.79 Å². The summed E-state index contributed by atoms with van der Waals surface area (Å²) in [6.07, 6.45) is 5.02. The van der Waals surface area contributed by atoms with E-state index in [0.717, 1.165) is 33.3 Å². The number of H-pyrrole nitrogens is 2. The molecule has 0 bridgehead atoms. The molecule has 0 aliphatic heterocycles. The molecule has 5 heterocycles. The quantitative estimate of drug-likeness (QED) is 0.258. The van der Waals surface area contributed by atoms with E-state index in [1.807, 2.05) is 57.2 Å². The Morgan fingerprint density at radius 3 is 2.68 bits per heavy atom. The molecule has 6 aromatic rings. The number of carbonyl (C=O) groups is 1. The molecule has 38 heavy (non-hydrogen) atoms. The number of aromatic nitrogens is 6. The van der Waals surface area contributed by atoms with Crippen molar-refractivity contribution >= 4 is 33.7 Å². The average Bonchev–Trinajstić information content (AvgIpc) is 3.52. The van der Waals surface area contributed by atoms with E-state index in [-0.39, 0.29) is 11.7 Å². The highest BCUT2D eigenvalue weighted by Gasteiger charge is 2.21. The van der Waals surface area contributed by atoms with Gasteiger partial charge in [-0.05, 0) is 53.6 Å². The van der Waals surface area contributed by atoms with Crippen molar-refractivity contribution in [3.63, 3.8) is 0 Å². The fourth-order valence-corrected chi connectivity index (χ4v) is 4.28. The van der Waals surface area contributed by atoms with E-state index in [9.17, 15) is 9.18 Å². The lowest BCUT2D eigenvalue weighted by Gasteiger charge is -2.17. The second kappa shape index (κ2) is 8.88. The normalized spacial score (nSPS) is 11.8. The number of nitrogens with zero attached hydrogens (tertiary/aromatic N) is 4. The van der Waals surface area contributed by atoms with E-state index in [4.69, 9.17) is 4.98 Å². The summed E-state index contributed by atoms with van der Waals surface area (Å²) >= 11 is 0. The van der Waals surface area contributed by atoms with Gasteiger partial charge in [0.05, 0.1) is 28.8 Å². The molecule has 5 aromatic heterocycles. The number of hydrogen-bond acceptors (Lipinski definition) is 5. The van der Waals surface area contributed by atoms with Gasteiger partial charge in [-0.15, -0.1) is 0 Å². The van der Waals surface area contributed by atoms with Gasteiger partial charge in [-0.25, -0.2) is 14.4 Å². The molecule has 0 fully saturated rings. The van der Waals surface area contributed by atoms with E-state index in [0.29, 0.717) is 28.2 Å². The maximum absolute atomic E-state index is 13.9. The smallest absolute Gasteiger partial charge is 0.229 e. The fourth-order valence-electron chi connectivity index (χ4n) is 4.28. The number of benzene rings is 1. The molecule has 188 valence electrons. The number of halogens is 1. The molecule has 0 aliphatic carbocycles. The molecular weight excluding hydrogens is 481 g/mol. The van der Waals surface area contributed by atoms with Crippen LogP contribution in [-0.4, -0.2) is 36.0 Å². The SMILES string of the molecule is CC(C)(C)C(=O)Nc1cncc(-c2ccc3[nH]nc(-c4cc5c(-c6cccc(F)c6)ccnc5[nH]4)c3n2)c1. The van der Waals surface area contributed by atoms with Crippen LogP contribution >= 0.6 is 0 Å². The van der Waals surface area contributed by atoms with Crippen LogP contribution < -0.4 is 5.32 Å². The highest BCUT2D eigenvalue weighted by atomic mass is 19.1. The molecule has 0 saturated carbocycles. The molecule has 0 spiro atoms. The first-order valence-electron chi connectivity index (χ1n) is 12.1. The van der Waals surface area contributed by atoms with Crippen molar-refractivity contribution in [3.05, 3.63) is 79.0 Å². The fraction of sp³-hybridized carbons (Fsp3) is 0.138. The molecular formula is C29H24FN7O. The number of fused-ring (bicyclic) bond motifs is 2. The van der Waals surface area contributed by atoms with Crippen molar-refractivity contribution in [2.24, 2.45) is 5.41 Å². The minimum Gasteiger partial charge on any atom is -0.338 e. The van der Waals surface area contributed by atoms with E-state index in [2.05, 4.69) is 30.5 Å². The van der Waals surface area contributed by atoms with E-state index >= 15 is 0 Å². The summed E-state index contributed by atoms with van der Waals surface area (Å²) in [5, 5.41) is 11.3. The lowest BCUT2D eigenvalue weighted by molar-refractivity contribution is -0.123. The second-order valence-electron chi connectivity index (χ2n) is 10.1. The summed E-state index contributed by atoms with van der Waals surface area (Å²) in [5.74, 6) is -0.392. The summed E-state index contributed by atoms with van der Waals surface area (Å²) in [6.45, 7) is 5.57. The molecule has 0 atom stereocenters. The molecule has 0 unspecified atom stereocenters. The number of carbonyl (C=O) groups excluding carboxylic acids is 1. The third-order valence-electron chi connectivity index (χ3n) is 6.30. The summed E-state index contributed by atoms with van der Waals surface area (Å²) < 4.78 is 13.9. The summed E-state index contributed by atoms with van der Waals surface area (Å²) in [6, 6.07) is 16.0. The van der Waals surface area contributed by atoms with Crippen molar-refractivity contribution in [1.29, 1.82) is 0 Å². The van der Waals surface area contributed by atoms with Gasteiger partial charge in [0.15, 0.2) is 0 Å². The number of rotatable bonds is 4. The minimum atomic E-state index is -0.526. The summed E-state index contributed by atoms with van der Waals surface area (Å²) in [5.41, 5.74) is 6.63. The number of anilines is 1. The zero-order chi connectivity index (χ0) is 26.4. The van der Waals surface area contributed by atoms with E-state index in [1.165, 1.54) is 12.1 Å². The first-order chi connectivity index (χ1) is 18.3. The Hall–Kier alpha value is -4.92. The Bertz CT molecular complexity index is 1830. The van der Waals surface area contributed by atoms with Crippen LogP contribution in [0.2, 0.25) is 0 Å². The molecule has 0 saturated heterocycles. The maximum atomic E-state index is 13.9. The number of pyridine rings is 3. The first kappa shape index (κ1) is 23.5. The predicted molar refractivity (Wildman–Crippen MR) is 146 cm³/mol. The Morgan fingerprint density at radius 1 is 1.00 bits per heavy atom. The van der Waals surface area contributed by atoms with Crippen LogP contribution in [0, 0.1) is 11.2 Å². The van der Waals surface area contributed by atoms with Crippen molar-refractivity contribution in [3.8, 4) is 33.8 Å². The lowest BCUT2D eigenvalue weighted by Crippen LogP contribution is -2.27. The predicted octanol–water partition coefficient (Wildman–Crippen LogP) is 6.35.